The molecule has 0 atom stereocenters. The van der Waals surface area contributed by atoms with Crippen molar-refractivity contribution < 1.29 is 24.2 Å². The number of ether oxygens (including phenoxy) is 1. The van der Waals surface area contributed by atoms with E-state index in [2.05, 4.69) is 10.6 Å². The van der Waals surface area contributed by atoms with Gasteiger partial charge >= 0.3 is 12.0 Å². The molecule has 112 valence electrons. The lowest BCUT2D eigenvalue weighted by atomic mass is 10.3. The summed E-state index contributed by atoms with van der Waals surface area (Å²) in [4.78, 5) is 35.9. The molecular formula is C12H19N3O5. The SMILES string of the molecule is O=C(NCCC(=O)N1CCOCC1)NC1(C(=O)O)CC1. The van der Waals surface area contributed by atoms with Crippen molar-refractivity contribution in [1.29, 1.82) is 0 Å². The van der Waals surface area contributed by atoms with Crippen LogP contribution in [0.5, 0.6) is 0 Å². The maximum atomic E-state index is 11.8. The molecule has 1 aliphatic heterocycles. The van der Waals surface area contributed by atoms with Gasteiger partial charge in [-0.05, 0) is 12.8 Å². The van der Waals surface area contributed by atoms with Crippen LogP contribution < -0.4 is 10.6 Å². The van der Waals surface area contributed by atoms with Crippen molar-refractivity contribution in [3.8, 4) is 0 Å². The largest absolute Gasteiger partial charge is 0.480 e. The van der Waals surface area contributed by atoms with Gasteiger partial charge in [0.25, 0.3) is 0 Å². The van der Waals surface area contributed by atoms with Crippen LogP contribution in [-0.2, 0) is 14.3 Å². The maximum absolute atomic E-state index is 11.8. The van der Waals surface area contributed by atoms with Gasteiger partial charge in [-0.1, -0.05) is 0 Å². The molecule has 0 bridgehead atoms. The molecule has 0 aromatic heterocycles. The van der Waals surface area contributed by atoms with Crippen LogP contribution in [0.15, 0.2) is 0 Å². The van der Waals surface area contributed by atoms with Gasteiger partial charge < -0.3 is 25.4 Å². The monoisotopic (exact) mass is 285 g/mol. The van der Waals surface area contributed by atoms with E-state index in [-0.39, 0.29) is 18.9 Å². The molecule has 8 heteroatoms. The summed E-state index contributed by atoms with van der Waals surface area (Å²) in [6, 6.07) is -0.542. The van der Waals surface area contributed by atoms with Crippen molar-refractivity contribution >= 4 is 17.9 Å². The number of carboxylic acids is 1. The molecule has 0 spiro atoms. The Labute approximate surface area is 116 Å². The minimum absolute atomic E-state index is 0.0343. The number of aliphatic carboxylic acids is 1. The molecule has 0 radical (unpaired) electrons. The summed E-state index contributed by atoms with van der Waals surface area (Å²) in [5, 5.41) is 13.9. The Bertz CT molecular complexity index is 402. The zero-order valence-corrected chi connectivity index (χ0v) is 11.2. The molecule has 1 saturated carbocycles. The third kappa shape index (κ3) is 3.60. The minimum Gasteiger partial charge on any atom is -0.480 e. The normalized spacial score (nSPS) is 20.1. The zero-order chi connectivity index (χ0) is 14.6. The zero-order valence-electron chi connectivity index (χ0n) is 11.2. The fraction of sp³-hybridized carbons (Fsp3) is 0.750. The highest BCUT2D eigenvalue weighted by atomic mass is 16.5. The number of carboxylic acid groups (broad SMARTS) is 1. The summed E-state index contributed by atoms with van der Waals surface area (Å²) in [6.45, 7) is 2.43. The van der Waals surface area contributed by atoms with Gasteiger partial charge in [-0.15, -0.1) is 0 Å². The first-order chi connectivity index (χ1) is 9.53. The van der Waals surface area contributed by atoms with E-state index in [0.29, 0.717) is 39.1 Å². The highest BCUT2D eigenvalue weighted by Gasteiger charge is 2.51. The summed E-state index contributed by atoms with van der Waals surface area (Å²) in [6.07, 6.45) is 1.10. The Morgan fingerprint density at radius 1 is 1.20 bits per heavy atom. The van der Waals surface area contributed by atoms with E-state index >= 15 is 0 Å². The van der Waals surface area contributed by atoms with Gasteiger partial charge in [0.15, 0.2) is 0 Å². The average Bonchev–Trinajstić information content (AvgIpc) is 3.20. The van der Waals surface area contributed by atoms with Gasteiger partial charge in [-0.2, -0.15) is 0 Å². The van der Waals surface area contributed by atoms with E-state index in [4.69, 9.17) is 9.84 Å². The van der Waals surface area contributed by atoms with Crippen LogP contribution >= 0.6 is 0 Å². The first-order valence-corrected chi connectivity index (χ1v) is 6.68. The first kappa shape index (κ1) is 14.6. The second-order valence-electron chi connectivity index (χ2n) is 5.01. The lowest BCUT2D eigenvalue weighted by molar-refractivity contribution is -0.140. The Balaban J connectivity index is 1.64. The van der Waals surface area contributed by atoms with E-state index in [1.165, 1.54) is 0 Å². The predicted octanol–water partition coefficient (Wildman–Crippen LogP) is -0.848. The van der Waals surface area contributed by atoms with Crippen LogP contribution in [-0.4, -0.2) is 66.3 Å². The van der Waals surface area contributed by atoms with Crippen LogP contribution in [0.4, 0.5) is 4.79 Å². The molecule has 1 saturated heterocycles. The van der Waals surface area contributed by atoms with E-state index in [1.54, 1.807) is 4.90 Å². The molecule has 0 aromatic rings. The molecule has 0 unspecified atom stereocenters. The highest BCUT2D eigenvalue weighted by Crippen LogP contribution is 2.35. The molecule has 2 aliphatic rings. The number of carbonyl (C=O) groups excluding carboxylic acids is 2. The Kier molecular flexibility index (Phi) is 4.43. The number of nitrogens with zero attached hydrogens (tertiary/aromatic N) is 1. The average molecular weight is 285 g/mol. The lowest BCUT2D eigenvalue weighted by Crippen LogP contribution is -2.48. The van der Waals surface area contributed by atoms with Gasteiger partial charge in [-0.3, -0.25) is 4.79 Å². The predicted molar refractivity (Wildman–Crippen MR) is 68.2 cm³/mol. The van der Waals surface area contributed by atoms with Crippen LogP contribution in [0.1, 0.15) is 19.3 Å². The number of amides is 3. The Morgan fingerprint density at radius 2 is 1.85 bits per heavy atom. The van der Waals surface area contributed by atoms with Crippen LogP contribution in [0.2, 0.25) is 0 Å². The van der Waals surface area contributed by atoms with E-state index in [1.807, 2.05) is 0 Å². The smallest absolute Gasteiger partial charge is 0.329 e. The van der Waals surface area contributed by atoms with Crippen molar-refractivity contribution in [3.05, 3.63) is 0 Å². The number of rotatable bonds is 5. The Hall–Kier alpha value is -1.83. The van der Waals surface area contributed by atoms with Gasteiger partial charge in [0, 0.05) is 26.1 Å². The van der Waals surface area contributed by atoms with Gasteiger partial charge in [0.05, 0.1) is 13.2 Å². The van der Waals surface area contributed by atoms with Crippen LogP contribution in [0, 0.1) is 0 Å². The number of urea groups is 1. The van der Waals surface area contributed by atoms with Crippen molar-refractivity contribution in [3.63, 3.8) is 0 Å². The first-order valence-electron chi connectivity index (χ1n) is 6.68. The summed E-state index contributed by atoms with van der Waals surface area (Å²) >= 11 is 0. The van der Waals surface area contributed by atoms with Crippen molar-refractivity contribution in [2.75, 3.05) is 32.8 Å². The quantitative estimate of drug-likeness (QED) is 0.610. The molecule has 20 heavy (non-hydrogen) atoms. The van der Waals surface area contributed by atoms with E-state index in [9.17, 15) is 14.4 Å². The van der Waals surface area contributed by atoms with Crippen molar-refractivity contribution in [2.45, 2.75) is 24.8 Å². The molecule has 1 heterocycles. The van der Waals surface area contributed by atoms with E-state index < -0.39 is 17.5 Å². The highest BCUT2D eigenvalue weighted by molar-refractivity contribution is 5.89. The van der Waals surface area contributed by atoms with Crippen molar-refractivity contribution in [1.82, 2.24) is 15.5 Å². The molecular weight excluding hydrogens is 266 g/mol. The molecule has 1 aliphatic carbocycles. The second-order valence-corrected chi connectivity index (χ2v) is 5.01. The van der Waals surface area contributed by atoms with Crippen molar-refractivity contribution in [2.24, 2.45) is 0 Å². The topological polar surface area (TPSA) is 108 Å². The third-order valence-electron chi connectivity index (χ3n) is 3.50. The number of hydrogen-bond acceptors (Lipinski definition) is 4. The maximum Gasteiger partial charge on any atom is 0.329 e. The number of morpholine rings is 1. The molecule has 3 N–H and O–H groups in total. The molecule has 2 rings (SSSR count). The van der Waals surface area contributed by atoms with Gasteiger partial charge in [0.2, 0.25) is 5.91 Å². The summed E-state index contributed by atoms with van der Waals surface area (Å²) < 4.78 is 5.15. The summed E-state index contributed by atoms with van der Waals surface area (Å²) in [7, 11) is 0. The minimum atomic E-state index is -1.10. The standard InChI is InChI=1S/C12H19N3O5/c16-9(15-5-7-20-8-6-15)1-4-13-11(19)14-12(2-3-12)10(17)18/h1-8H2,(H,17,18)(H2,13,14,19). The van der Waals surface area contributed by atoms with Gasteiger partial charge in [0.1, 0.15) is 5.54 Å². The fourth-order valence-corrected chi connectivity index (χ4v) is 2.03. The summed E-state index contributed by atoms with van der Waals surface area (Å²) in [5.41, 5.74) is -1.10. The molecule has 8 nitrogen and oxygen atoms in total. The van der Waals surface area contributed by atoms with Crippen LogP contribution in [0.3, 0.4) is 0 Å². The number of carbonyl (C=O) groups is 3. The third-order valence-corrected chi connectivity index (χ3v) is 3.50. The second kappa shape index (κ2) is 6.08. The summed E-state index contributed by atoms with van der Waals surface area (Å²) in [5.74, 6) is -1.05. The van der Waals surface area contributed by atoms with Gasteiger partial charge in [-0.25, -0.2) is 9.59 Å². The number of nitrogens with one attached hydrogen (secondary N) is 2. The van der Waals surface area contributed by atoms with E-state index in [0.717, 1.165) is 0 Å². The molecule has 2 fully saturated rings. The Morgan fingerprint density at radius 3 is 2.40 bits per heavy atom. The number of hydrogen-bond donors (Lipinski definition) is 3. The molecule has 0 aromatic carbocycles. The van der Waals surface area contributed by atoms with Crippen LogP contribution in [0.25, 0.3) is 0 Å². The lowest BCUT2D eigenvalue weighted by Gasteiger charge is -2.26. The fourth-order valence-electron chi connectivity index (χ4n) is 2.03. The molecule has 3 amide bonds.